The lowest BCUT2D eigenvalue weighted by Gasteiger charge is -2.23. The first-order valence-electron chi connectivity index (χ1n) is 6.15. The fourth-order valence-corrected chi connectivity index (χ4v) is 1.70. The van der Waals surface area contributed by atoms with Crippen molar-refractivity contribution in [2.45, 2.75) is 6.04 Å². The van der Waals surface area contributed by atoms with Crippen molar-refractivity contribution in [1.82, 2.24) is 10.2 Å². The van der Waals surface area contributed by atoms with Crippen molar-refractivity contribution in [1.29, 1.82) is 0 Å². The molecule has 1 aromatic carbocycles. The van der Waals surface area contributed by atoms with Crippen molar-refractivity contribution in [3.8, 4) is 0 Å². The Labute approximate surface area is 118 Å². The van der Waals surface area contributed by atoms with Crippen LogP contribution < -0.4 is 5.32 Å². The van der Waals surface area contributed by atoms with Crippen LogP contribution in [0.3, 0.4) is 0 Å². The van der Waals surface area contributed by atoms with E-state index in [1.807, 2.05) is 0 Å². The number of carboxylic acids is 1. The van der Waals surface area contributed by atoms with Gasteiger partial charge in [-0.05, 0) is 5.56 Å². The molecule has 0 aliphatic rings. The lowest BCUT2D eigenvalue weighted by molar-refractivity contribution is -0.139. The minimum absolute atomic E-state index is 0.318. The molecule has 0 aliphatic heterocycles. The number of carbonyl (C=O) groups excluding carboxylic acids is 1. The second-order valence-electron chi connectivity index (χ2n) is 4.11. The first-order valence-corrected chi connectivity index (χ1v) is 6.15. The first kappa shape index (κ1) is 15.5. The molecule has 1 aromatic rings. The highest BCUT2D eigenvalue weighted by atomic mass is 16.4. The van der Waals surface area contributed by atoms with E-state index < -0.39 is 18.0 Å². The molecule has 2 amide bonds. The third-order valence-electron chi connectivity index (χ3n) is 2.63. The molecule has 1 rings (SSSR count). The minimum Gasteiger partial charge on any atom is -0.479 e. The van der Waals surface area contributed by atoms with Gasteiger partial charge in [0.05, 0.1) is 0 Å². The van der Waals surface area contributed by atoms with Gasteiger partial charge in [-0.25, -0.2) is 9.59 Å². The highest BCUT2D eigenvalue weighted by Crippen LogP contribution is 2.13. The van der Waals surface area contributed by atoms with Gasteiger partial charge < -0.3 is 15.3 Å². The Kier molecular flexibility index (Phi) is 6.03. The Morgan fingerprint density at radius 1 is 1.20 bits per heavy atom. The van der Waals surface area contributed by atoms with E-state index >= 15 is 0 Å². The molecule has 0 fully saturated rings. The summed E-state index contributed by atoms with van der Waals surface area (Å²) in [5, 5.41) is 11.7. The zero-order valence-electron chi connectivity index (χ0n) is 11.2. The van der Waals surface area contributed by atoms with Gasteiger partial charge in [-0.15, -0.1) is 13.2 Å². The minimum atomic E-state index is -1.11. The standard InChI is InChI=1S/C15H18N2O3/c1-3-10-17(11-4-2)15(20)16-13(14(18)19)12-8-6-5-7-9-12/h3-9,13H,1-2,10-11H2,(H,16,20)(H,18,19)/t13-/m1/s1. The quantitative estimate of drug-likeness (QED) is 0.749. The molecule has 5 heteroatoms. The number of aliphatic carboxylic acids is 1. The summed E-state index contributed by atoms with van der Waals surface area (Å²) >= 11 is 0. The molecule has 0 bridgehead atoms. The fourth-order valence-electron chi connectivity index (χ4n) is 1.70. The highest BCUT2D eigenvalue weighted by Gasteiger charge is 2.23. The second kappa shape index (κ2) is 7.78. The van der Waals surface area contributed by atoms with Crippen molar-refractivity contribution in [3.05, 3.63) is 61.2 Å². The molecular weight excluding hydrogens is 256 g/mol. The number of urea groups is 1. The summed E-state index contributed by atoms with van der Waals surface area (Å²) in [5.74, 6) is -1.11. The van der Waals surface area contributed by atoms with Crippen LogP contribution in [-0.2, 0) is 4.79 Å². The van der Waals surface area contributed by atoms with Crippen molar-refractivity contribution in [3.63, 3.8) is 0 Å². The summed E-state index contributed by atoms with van der Waals surface area (Å²) in [5.41, 5.74) is 0.519. The summed E-state index contributed by atoms with van der Waals surface area (Å²) in [6.45, 7) is 7.77. The lowest BCUT2D eigenvalue weighted by atomic mass is 10.1. The molecule has 0 saturated carbocycles. The van der Waals surface area contributed by atoms with Crippen molar-refractivity contribution < 1.29 is 14.7 Å². The van der Waals surface area contributed by atoms with Crippen LogP contribution in [0.4, 0.5) is 4.79 Å². The van der Waals surface area contributed by atoms with E-state index in [9.17, 15) is 14.7 Å². The maximum atomic E-state index is 12.1. The maximum Gasteiger partial charge on any atom is 0.330 e. The molecule has 106 valence electrons. The predicted octanol–water partition coefficient (Wildman–Crippen LogP) is 2.20. The Hall–Kier alpha value is -2.56. The molecule has 0 radical (unpaired) electrons. The van der Waals surface area contributed by atoms with E-state index in [1.165, 1.54) is 4.90 Å². The number of nitrogens with one attached hydrogen (secondary N) is 1. The Balaban J connectivity index is 2.85. The summed E-state index contributed by atoms with van der Waals surface area (Å²) in [6, 6.07) is 6.99. The van der Waals surface area contributed by atoms with Gasteiger partial charge in [0.1, 0.15) is 0 Å². The van der Waals surface area contributed by atoms with Crippen LogP contribution in [0.5, 0.6) is 0 Å². The zero-order chi connectivity index (χ0) is 15.0. The van der Waals surface area contributed by atoms with Gasteiger partial charge in [0.2, 0.25) is 0 Å². The fraction of sp³-hybridized carbons (Fsp3) is 0.200. The predicted molar refractivity (Wildman–Crippen MR) is 77.3 cm³/mol. The molecule has 20 heavy (non-hydrogen) atoms. The van der Waals surface area contributed by atoms with E-state index in [0.717, 1.165) is 0 Å². The molecule has 0 saturated heterocycles. The number of amides is 2. The normalized spacial score (nSPS) is 11.2. The van der Waals surface area contributed by atoms with Gasteiger partial charge >= 0.3 is 12.0 Å². The van der Waals surface area contributed by atoms with Gasteiger partial charge in [-0.2, -0.15) is 0 Å². The average Bonchev–Trinajstić information content (AvgIpc) is 2.45. The summed E-state index contributed by atoms with van der Waals surface area (Å²) in [4.78, 5) is 24.8. The number of rotatable bonds is 7. The molecule has 0 aromatic heterocycles. The van der Waals surface area contributed by atoms with Crippen molar-refractivity contribution in [2.24, 2.45) is 0 Å². The van der Waals surface area contributed by atoms with E-state index in [4.69, 9.17) is 0 Å². The Bertz CT molecular complexity index is 475. The molecule has 0 aliphatic carbocycles. The van der Waals surface area contributed by atoms with Gasteiger partial charge in [0, 0.05) is 13.1 Å². The van der Waals surface area contributed by atoms with Crippen molar-refractivity contribution >= 4 is 12.0 Å². The molecule has 0 heterocycles. The largest absolute Gasteiger partial charge is 0.479 e. The number of hydrogen-bond acceptors (Lipinski definition) is 2. The van der Waals surface area contributed by atoms with Crippen LogP contribution in [0.1, 0.15) is 11.6 Å². The van der Waals surface area contributed by atoms with E-state index in [2.05, 4.69) is 18.5 Å². The van der Waals surface area contributed by atoms with Crippen LogP contribution in [0, 0.1) is 0 Å². The Morgan fingerprint density at radius 3 is 2.20 bits per heavy atom. The number of nitrogens with zero attached hydrogens (tertiary/aromatic N) is 1. The molecule has 0 unspecified atom stereocenters. The zero-order valence-corrected chi connectivity index (χ0v) is 11.2. The van der Waals surface area contributed by atoms with Crippen LogP contribution in [0.25, 0.3) is 0 Å². The SMILES string of the molecule is C=CCN(CC=C)C(=O)N[C@@H](C(=O)O)c1ccccc1. The Morgan fingerprint density at radius 2 is 1.75 bits per heavy atom. The van der Waals surface area contributed by atoms with Crippen molar-refractivity contribution in [2.75, 3.05) is 13.1 Å². The number of carbonyl (C=O) groups is 2. The number of carboxylic acid groups (broad SMARTS) is 1. The van der Waals surface area contributed by atoms with Gasteiger partial charge in [0.25, 0.3) is 0 Å². The van der Waals surface area contributed by atoms with Crippen LogP contribution in [0.15, 0.2) is 55.6 Å². The van der Waals surface area contributed by atoms with Gasteiger partial charge in [0.15, 0.2) is 6.04 Å². The summed E-state index contributed by atoms with van der Waals surface area (Å²) in [7, 11) is 0. The molecular formula is C15H18N2O3. The number of benzene rings is 1. The van der Waals surface area contributed by atoms with E-state index in [-0.39, 0.29) is 0 Å². The van der Waals surface area contributed by atoms with Gasteiger partial charge in [-0.3, -0.25) is 0 Å². The average molecular weight is 274 g/mol. The first-order chi connectivity index (χ1) is 9.60. The smallest absolute Gasteiger partial charge is 0.330 e. The van der Waals surface area contributed by atoms with Gasteiger partial charge in [-0.1, -0.05) is 42.5 Å². The topological polar surface area (TPSA) is 69.6 Å². The van der Waals surface area contributed by atoms with E-state index in [0.29, 0.717) is 18.7 Å². The van der Waals surface area contributed by atoms with Crippen LogP contribution >= 0.6 is 0 Å². The number of hydrogen-bond donors (Lipinski definition) is 2. The molecule has 1 atom stereocenters. The summed E-state index contributed by atoms with van der Waals surface area (Å²) in [6.07, 6.45) is 3.14. The van der Waals surface area contributed by atoms with Crippen LogP contribution in [-0.4, -0.2) is 35.1 Å². The highest BCUT2D eigenvalue weighted by molar-refractivity contribution is 5.83. The summed E-state index contributed by atoms with van der Waals surface area (Å²) < 4.78 is 0. The molecule has 2 N–H and O–H groups in total. The lowest BCUT2D eigenvalue weighted by Crippen LogP contribution is -2.43. The third-order valence-corrected chi connectivity index (χ3v) is 2.63. The monoisotopic (exact) mass is 274 g/mol. The third kappa shape index (κ3) is 4.28. The maximum absolute atomic E-state index is 12.1. The van der Waals surface area contributed by atoms with Crippen LogP contribution in [0.2, 0.25) is 0 Å². The molecule has 5 nitrogen and oxygen atoms in total. The molecule has 0 spiro atoms. The second-order valence-corrected chi connectivity index (χ2v) is 4.11. The van der Waals surface area contributed by atoms with E-state index in [1.54, 1.807) is 42.5 Å².